The molecule has 0 unspecified atom stereocenters. The van der Waals surface area contributed by atoms with E-state index in [-0.39, 0.29) is 28.9 Å². The molecule has 150 valence electrons. The molecule has 6 heteroatoms. The lowest BCUT2D eigenvalue weighted by Gasteiger charge is -2.29. The van der Waals surface area contributed by atoms with Gasteiger partial charge in [0.25, 0.3) is 5.91 Å². The first kappa shape index (κ1) is 20.9. The molecule has 1 fully saturated rings. The van der Waals surface area contributed by atoms with E-state index in [9.17, 15) is 13.2 Å². The molecule has 0 N–H and O–H groups in total. The van der Waals surface area contributed by atoms with Crippen molar-refractivity contribution in [3.05, 3.63) is 70.2 Å². The standard InChI is InChI=1S/C22H26ClNO3S/c1-22(2,3)18-9-7-16(8-10-18)14-24(20-11-12-28(26,27)15-20)21(25)17-5-4-6-19(23)13-17/h4-10,13,20H,11-12,14-15H2,1-3H3/t20-/m0/s1. The Labute approximate surface area is 172 Å². The molecule has 1 amide bonds. The normalized spacial score (nSPS) is 18.8. The Bertz CT molecular complexity index is 962. The van der Waals surface area contributed by atoms with Gasteiger partial charge in [0, 0.05) is 23.2 Å². The predicted molar refractivity (Wildman–Crippen MR) is 114 cm³/mol. The molecule has 0 aromatic heterocycles. The van der Waals surface area contributed by atoms with E-state index in [2.05, 4.69) is 32.9 Å². The monoisotopic (exact) mass is 419 g/mol. The van der Waals surface area contributed by atoms with Gasteiger partial charge in [-0.05, 0) is 41.2 Å². The van der Waals surface area contributed by atoms with Gasteiger partial charge in [0.15, 0.2) is 9.84 Å². The maximum Gasteiger partial charge on any atom is 0.254 e. The summed E-state index contributed by atoms with van der Waals surface area (Å²) in [5.74, 6) is -0.0521. The zero-order chi connectivity index (χ0) is 20.5. The summed E-state index contributed by atoms with van der Waals surface area (Å²) in [6.45, 7) is 6.83. The van der Waals surface area contributed by atoms with Crippen molar-refractivity contribution < 1.29 is 13.2 Å². The van der Waals surface area contributed by atoms with E-state index < -0.39 is 9.84 Å². The minimum absolute atomic E-state index is 0.0133. The fraction of sp³-hybridized carbons (Fsp3) is 0.409. The van der Waals surface area contributed by atoms with Crippen LogP contribution in [0.1, 0.15) is 48.7 Å². The summed E-state index contributed by atoms with van der Waals surface area (Å²) in [6.07, 6.45) is 0.467. The van der Waals surface area contributed by atoms with Crippen molar-refractivity contribution >= 4 is 27.3 Å². The third kappa shape index (κ3) is 4.95. The van der Waals surface area contributed by atoms with Crippen molar-refractivity contribution in [3.63, 3.8) is 0 Å². The molecular formula is C22H26ClNO3S. The van der Waals surface area contributed by atoms with Crippen LogP contribution in [0, 0.1) is 0 Å². The van der Waals surface area contributed by atoms with Crippen molar-refractivity contribution in [2.45, 2.75) is 45.2 Å². The van der Waals surface area contributed by atoms with Crippen molar-refractivity contribution in [3.8, 4) is 0 Å². The zero-order valence-corrected chi connectivity index (χ0v) is 18.1. The van der Waals surface area contributed by atoms with Crippen LogP contribution in [0.25, 0.3) is 0 Å². The Hall–Kier alpha value is -1.85. The highest BCUT2D eigenvalue weighted by molar-refractivity contribution is 7.91. The molecule has 0 aliphatic carbocycles. The van der Waals surface area contributed by atoms with Gasteiger partial charge in [0.2, 0.25) is 0 Å². The third-order valence-corrected chi connectivity index (χ3v) is 7.14. The highest BCUT2D eigenvalue weighted by Gasteiger charge is 2.35. The molecule has 0 saturated carbocycles. The molecular weight excluding hydrogens is 394 g/mol. The SMILES string of the molecule is CC(C)(C)c1ccc(CN(C(=O)c2cccc(Cl)c2)[C@H]2CCS(=O)(=O)C2)cc1. The van der Waals surface area contributed by atoms with Crippen LogP contribution < -0.4 is 0 Å². The minimum Gasteiger partial charge on any atom is -0.330 e. The van der Waals surface area contributed by atoms with Crippen LogP contribution in [-0.4, -0.2) is 36.8 Å². The summed E-state index contributed by atoms with van der Waals surface area (Å²) in [4.78, 5) is 14.9. The molecule has 3 rings (SSSR count). The van der Waals surface area contributed by atoms with Crippen LogP contribution in [-0.2, 0) is 21.8 Å². The van der Waals surface area contributed by atoms with Gasteiger partial charge in [-0.15, -0.1) is 0 Å². The lowest BCUT2D eigenvalue weighted by molar-refractivity contribution is 0.0681. The lowest BCUT2D eigenvalue weighted by Crippen LogP contribution is -2.40. The predicted octanol–water partition coefficient (Wildman–Crippen LogP) is 4.47. The topological polar surface area (TPSA) is 54.5 Å². The molecule has 0 radical (unpaired) electrons. The van der Waals surface area contributed by atoms with Crippen LogP contribution in [0.4, 0.5) is 0 Å². The van der Waals surface area contributed by atoms with Crippen LogP contribution in [0.2, 0.25) is 5.02 Å². The number of rotatable bonds is 4. The van der Waals surface area contributed by atoms with Gasteiger partial charge < -0.3 is 4.90 Å². The maximum atomic E-state index is 13.2. The molecule has 2 aromatic carbocycles. The first-order chi connectivity index (χ1) is 13.0. The molecule has 2 aromatic rings. The molecule has 28 heavy (non-hydrogen) atoms. The number of amides is 1. The molecule has 0 spiro atoms. The second kappa shape index (κ2) is 7.88. The van der Waals surface area contributed by atoms with E-state index >= 15 is 0 Å². The summed E-state index contributed by atoms with van der Waals surface area (Å²) in [5, 5.41) is 0.486. The number of carbonyl (C=O) groups excluding carboxylic acids is 1. The van der Waals surface area contributed by atoms with E-state index in [1.807, 2.05) is 12.1 Å². The molecule has 1 heterocycles. The number of nitrogens with zero attached hydrogens (tertiary/aromatic N) is 1. The zero-order valence-electron chi connectivity index (χ0n) is 16.5. The summed E-state index contributed by atoms with van der Waals surface area (Å²) >= 11 is 6.05. The number of hydrogen-bond donors (Lipinski definition) is 0. The highest BCUT2D eigenvalue weighted by atomic mass is 35.5. The van der Waals surface area contributed by atoms with Crippen molar-refractivity contribution in [2.24, 2.45) is 0 Å². The Balaban J connectivity index is 1.89. The van der Waals surface area contributed by atoms with Gasteiger partial charge in [-0.25, -0.2) is 8.42 Å². The van der Waals surface area contributed by atoms with E-state index in [1.54, 1.807) is 29.2 Å². The molecule has 0 bridgehead atoms. The smallest absolute Gasteiger partial charge is 0.254 e. The second-order valence-corrected chi connectivity index (χ2v) is 11.1. The number of hydrogen-bond acceptors (Lipinski definition) is 3. The Kier molecular flexibility index (Phi) is 5.87. The summed E-state index contributed by atoms with van der Waals surface area (Å²) < 4.78 is 24.0. The molecule has 1 atom stereocenters. The first-order valence-electron chi connectivity index (χ1n) is 9.41. The lowest BCUT2D eigenvalue weighted by atomic mass is 9.86. The largest absolute Gasteiger partial charge is 0.330 e. The highest BCUT2D eigenvalue weighted by Crippen LogP contribution is 2.26. The third-order valence-electron chi connectivity index (χ3n) is 5.15. The van der Waals surface area contributed by atoms with Gasteiger partial charge in [0.1, 0.15) is 0 Å². The van der Waals surface area contributed by atoms with Crippen LogP contribution in [0.3, 0.4) is 0 Å². The van der Waals surface area contributed by atoms with E-state index in [1.165, 1.54) is 5.56 Å². The molecule has 1 saturated heterocycles. The summed E-state index contributed by atoms with van der Waals surface area (Å²) in [7, 11) is -3.10. The fourth-order valence-corrected chi connectivity index (χ4v) is 5.40. The average Bonchev–Trinajstić information content (AvgIpc) is 2.98. The van der Waals surface area contributed by atoms with E-state index in [4.69, 9.17) is 11.6 Å². The van der Waals surface area contributed by atoms with Crippen molar-refractivity contribution in [1.82, 2.24) is 4.90 Å². The van der Waals surface area contributed by atoms with Gasteiger partial charge in [-0.3, -0.25) is 4.79 Å². The van der Waals surface area contributed by atoms with Crippen LogP contribution in [0.15, 0.2) is 48.5 Å². The molecule has 1 aliphatic rings. The van der Waals surface area contributed by atoms with Gasteiger partial charge >= 0.3 is 0 Å². The Morgan fingerprint density at radius 3 is 2.36 bits per heavy atom. The Morgan fingerprint density at radius 2 is 1.82 bits per heavy atom. The first-order valence-corrected chi connectivity index (χ1v) is 11.6. The number of benzene rings is 2. The molecule has 4 nitrogen and oxygen atoms in total. The second-order valence-electron chi connectivity index (χ2n) is 8.45. The minimum atomic E-state index is -3.10. The number of carbonyl (C=O) groups is 1. The van der Waals surface area contributed by atoms with Gasteiger partial charge in [0.05, 0.1) is 11.5 Å². The quantitative estimate of drug-likeness (QED) is 0.734. The Morgan fingerprint density at radius 1 is 1.14 bits per heavy atom. The van der Waals surface area contributed by atoms with Crippen LogP contribution in [0.5, 0.6) is 0 Å². The fourth-order valence-electron chi connectivity index (χ4n) is 3.48. The van der Waals surface area contributed by atoms with E-state index in [0.717, 1.165) is 5.56 Å². The van der Waals surface area contributed by atoms with Gasteiger partial charge in [-0.1, -0.05) is 62.7 Å². The molecule has 1 aliphatic heterocycles. The van der Waals surface area contributed by atoms with Crippen molar-refractivity contribution in [1.29, 1.82) is 0 Å². The number of halogens is 1. The van der Waals surface area contributed by atoms with Crippen molar-refractivity contribution in [2.75, 3.05) is 11.5 Å². The summed E-state index contributed by atoms with van der Waals surface area (Å²) in [6, 6.07) is 14.6. The van der Waals surface area contributed by atoms with E-state index in [0.29, 0.717) is 23.6 Å². The van der Waals surface area contributed by atoms with Crippen LogP contribution >= 0.6 is 11.6 Å². The number of sulfone groups is 1. The average molecular weight is 420 g/mol. The maximum absolute atomic E-state index is 13.2. The van der Waals surface area contributed by atoms with Gasteiger partial charge in [-0.2, -0.15) is 0 Å². The summed E-state index contributed by atoms with van der Waals surface area (Å²) in [5.41, 5.74) is 2.72.